The van der Waals surface area contributed by atoms with Crippen LogP contribution in [0.1, 0.15) is 0 Å². The summed E-state index contributed by atoms with van der Waals surface area (Å²) in [5.41, 5.74) is 0. The fourth-order valence-electron chi connectivity index (χ4n) is 1.06. The van der Waals surface area contributed by atoms with E-state index in [4.69, 9.17) is 15.9 Å². The molecule has 0 unspecified atom stereocenters. The largest absolute Gasteiger partial charge is 0.481 e. The molecule has 0 bridgehead atoms. The molecule has 0 aliphatic rings. The number of nitrogens with one attached hydrogen (secondary N) is 1. The monoisotopic (exact) mass is 253 g/mol. The van der Waals surface area contributed by atoms with Gasteiger partial charge in [0.15, 0.2) is 0 Å². The predicted octanol–water partition coefficient (Wildman–Crippen LogP) is 1.27. The summed E-state index contributed by atoms with van der Waals surface area (Å²) in [6, 6.07) is 1.62. The van der Waals surface area contributed by atoms with E-state index in [0.29, 0.717) is 23.5 Å². The summed E-state index contributed by atoms with van der Waals surface area (Å²) in [5, 5.41) is 3.08. The number of rotatable bonds is 7. The van der Waals surface area contributed by atoms with Crippen molar-refractivity contribution in [3.8, 4) is 24.1 Å². The Morgan fingerprint density at radius 3 is 2.53 bits per heavy atom. The van der Waals surface area contributed by atoms with Gasteiger partial charge in [-0.05, 0) is 0 Å². The van der Waals surface area contributed by atoms with Gasteiger partial charge >= 0.3 is 0 Å². The van der Waals surface area contributed by atoms with Gasteiger partial charge in [0.05, 0.1) is 26.0 Å². The first-order valence-electron chi connectivity index (χ1n) is 5.02. The van der Waals surface area contributed by atoms with Crippen LogP contribution in [0, 0.1) is 12.3 Å². The third-order valence-corrected chi connectivity index (χ3v) is 2.68. The first-order valence-corrected chi connectivity index (χ1v) is 6.17. The summed E-state index contributed by atoms with van der Waals surface area (Å²) in [7, 11) is 3.10. The molecule has 0 atom stereocenters. The third-order valence-electron chi connectivity index (χ3n) is 1.81. The lowest BCUT2D eigenvalue weighted by molar-refractivity contribution is 0.373. The van der Waals surface area contributed by atoms with Gasteiger partial charge in [0, 0.05) is 12.3 Å². The van der Waals surface area contributed by atoms with Crippen molar-refractivity contribution in [2.75, 3.05) is 37.6 Å². The first-order chi connectivity index (χ1) is 8.30. The number of nitrogens with zero attached hydrogens (tertiary/aromatic N) is 2. The average molecular weight is 253 g/mol. The number of ether oxygens (including phenoxy) is 2. The van der Waals surface area contributed by atoms with Crippen LogP contribution >= 0.6 is 11.8 Å². The van der Waals surface area contributed by atoms with Gasteiger partial charge in [-0.25, -0.2) is 0 Å². The van der Waals surface area contributed by atoms with E-state index < -0.39 is 0 Å². The van der Waals surface area contributed by atoms with Crippen LogP contribution in [0.4, 0.5) is 5.95 Å². The molecule has 1 aromatic heterocycles. The number of aromatic nitrogens is 2. The molecule has 17 heavy (non-hydrogen) atoms. The third kappa shape index (κ3) is 4.83. The molecular weight excluding hydrogens is 238 g/mol. The zero-order valence-corrected chi connectivity index (χ0v) is 10.7. The number of methoxy groups -OCH3 is 2. The standard InChI is InChI=1S/C11H15N3O2S/c1-4-6-17-7-5-12-11-13-9(15-2)8-10(14-11)16-3/h1,8H,5-7H2,2-3H3,(H,12,13,14). The summed E-state index contributed by atoms with van der Waals surface area (Å²) in [4.78, 5) is 8.29. The van der Waals surface area contributed by atoms with Crippen molar-refractivity contribution in [1.29, 1.82) is 0 Å². The SMILES string of the molecule is C#CCSCCNc1nc(OC)cc(OC)n1. The zero-order valence-electron chi connectivity index (χ0n) is 9.90. The number of hydrogen-bond acceptors (Lipinski definition) is 6. The number of terminal acetylenes is 1. The Hall–Kier alpha value is -1.61. The van der Waals surface area contributed by atoms with E-state index in [0.717, 1.165) is 12.3 Å². The van der Waals surface area contributed by atoms with Gasteiger partial charge in [0.25, 0.3) is 0 Å². The molecule has 1 aromatic rings. The Bertz CT molecular complexity index is 371. The van der Waals surface area contributed by atoms with Crippen molar-refractivity contribution in [3.63, 3.8) is 0 Å². The highest BCUT2D eigenvalue weighted by Crippen LogP contribution is 2.17. The van der Waals surface area contributed by atoms with Crippen LogP contribution in [0.25, 0.3) is 0 Å². The van der Waals surface area contributed by atoms with Crippen LogP contribution < -0.4 is 14.8 Å². The Labute approximate surface area is 105 Å². The molecule has 0 aliphatic carbocycles. The molecule has 0 amide bonds. The summed E-state index contributed by atoms with van der Waals surface area (Å²) < 4.78 is 10.1. The maximum Gasteiger partial charge on any atom is 0.229 e. The minimum absolute atomic E-state index is 0.468. The van der Waals surface area contributed by atoms with E-state index in [1.54, 1.807) is 32.0 Å². The molecular formula is C11H15N3O2S. The minimum atomic E-state index is 0.468. The lowest BCUT2D eigenvalue weighted by atomic mass is 10.6. The van der Waals surface area contributed by atoms with Crippen LogP contribution in [0.5, 0.6) is 11.8 Å². The minimum Gasteiger partial charge on any atom is -0.481 e. The average Bonchev–Trinajstić information content (AvgIpc) is 2.38. The van der Waals surface area contributed by atoms with Gasteiger partial charge in [-0.15, -0.1) is 18.2 Å². The topological polar surface area (TPSA) is 56.3 Å². The molecule has 0 fully saturated rings. The van der Waals surface area contributed by atoms with Gasteiger partial charge in [-0.3, -0.25) is 0 Å². The Morgan fingerprint density at radius 1 is 1.35 bits per heavy atom. The quantitative estimate of drug-likeness (QED) is 0.583. The van der Waals surface area contributed by atoms with Gasteiger partial charge in [-0.2, -0.15) is 9.97 Å². The smallest absolute Gasteiger partial charge is 0.229 e. The fourth-order valence-corrected chi connectivity index (χ4v) is 1.57. The maximum absolute atomic E-state index is 5.15. The molecule has 1 rings (SSSR count). The van der Waals surface area contributed by atoms with Gasteiger partial charge in [0.2, 0.25) is 17.7 Å². The van der Waals surface area contributed by atoms with E-state index in [2.05, 4.69) is 21.2 Å². The zero-order chi connectivity index (χ0) is 12.5. The second-order valence-corrected chi connectivity index (χ2v) is 4.06. The van der Waals surface area contributed by atoms with E-state index in [9.17, 15) is 0 Å². The first kappa shape index (κ1) is 13.5. The molecule has 0 spiro atoms. The lowest BCUT2D eigenvalue weighted by Gasteiger charge is -2.07. The molecule has 0 aliphatic heterocycles. The van der Waals surface area contributed by atoms with Crippen molar-refractivity contribution >= 4 is 17.7 Å². The van der Waals surface area contributed by atoms with Gasteiger partial charge in [0.1, 0.15) is 0 Å². The molecule has 92 valence electrons. The summed E-state index contributed by atoms with van der Waals surface area (Å²) in [6.07, 6.45) is 5.15. The summed E-state index contributed by atoms with van der Waals surface area (Å²) in [5.74, 6) is 5.60. The summed E-state index contributed by atoms with van der Waals surface area (Å²) >= 11 is 1.68. The highest BCUT2D eigenvalue weighted by molar-refractivity contribution is 7.99. The molecule has 0 aromatic carbocycles. The van der Waals surface area contributed by atoms with E-state index in [-0.39, 0.29) is 0 Å². The van der Waals surface area contributed by atoms with E-state index in [1.165, 1.54) is 0 Å². The van der Waals surface area contributed by atoms with Crippen LogP contribution in [0.2, 0.25) is 0 Å². The molecule has 0 saturated carbocycles. The van der Waals surface area contributed by atoms with Crippen LogP contribution in [0.15, 0.2) is 6.07 Å². The van der Waals surface area contributed by atoms with Crippen LogP contribution in [0.3, 0.4) is 0 Å². The predicted molar refractivity (Wildman–Crippen MR) is 69.8 cm³/mol. The van der Waals surface area contributed by atoms with Gasteiger partial charge < -0.3 is 14.8 Å². The van der Waals surface area contributed by atoms with Crippen LogP contribution in [-0.2, 0) is 0 Å². The lowest BCUT2D eigenvalue weighted by Crippen LogP contribution is -2.08. The molecule has 1 heterocycles. The molecule has 0 radical (unpaired) electrons. The number of anilines is 1. The highest BCUT2D eigenvalue weighted by atomic mass is 32.2. The molecule has 0 saturated heterocycles. The van der Waals surface area contributed by atoms with Crippen molar-refractivity contribution in [1.82, 2.24) is 9.97 Å². The van der Waals surface area contributed by atoms with Crippen molar-refractivity contribution < 1.29 is 9.47 Å². The molecule has 5 nitrogen and oxygen atoms in total. The number of hydrogen-bond donors (Lipinski definition) is 1. The number of thioether (sulfide) groups is 1. The molecule has 1 N–H and O–H groups in total. The second-order valence-electron chi connectivity index (χ2n) is 2.96. The Morgan fingerprint density at radius 2 is 2.00 bits per heavy atom. The second kappa shape index (κ2) is 7.63. The summed E-state index contributed by atoms with van der Waals surface area (Å²) in [6.45, 7) is 0.739. The Balaban J connectivity index is 2.49. The highest BCUT2D eigenvalue weighted by Gasteiger charge is 2.04. The normalized spacial score (nSPS) is 9.47. The maximum atomic E-state index is 5.15. The van der Waals surface area contributed by atoms with Gasteiger partial charge in [-0.1, -0.05) is 5.92 Å². The van der Waals surface area contributed by atoms with E-state index >= 15 is 0 Å². The van der Waals surface area contributed by atoms with E-state index in [1.807, 2.05) is 0 Å². The fraction of sp³-hybridized carbons (Fsp3) is 0.455. The van der Waals surface area contributed by atoms with Crippen molar-refractivity contribution in [2.24, 2.45) is 0 Å². The Kier molecular flexibility index (Phi) is 6.04. The van der Waals surface area contributed by atoms with Crippen LogP contribution in [-0.4, -0.2) is 42.2 Å². The van der Waals surface area contributed by atoms with Crippen molar-refractivity contribution in [3.05, 3.63) is 6.07 Å². The van der Waals surface area contributed by atoms with Crippen molar-refractivity contribution in [2.45, 2.75) is 0 Å². The molecule has 6 heteroatoms.